The number of hydrogen-bond donors (Lipinski definition) is 1. The summed E-state index contributed by atoms with van der Waals surface area (Å²) in [4.78, 5) is 10.8. The lowest BCUT2D eigenvalue weighted by Gasteiger charge is -2.34. The summed E-state index contributed by atoms with van der Waals surface area (Å²) >= 11 is 0. The monoisotopic (exact) mass is 220 g/mol. The van der Waals surface area contributed by atoms with Gasteiger partial charge in [-0.25, -0.2) is 4.79 Å². The molecule has 1 heterocycles. The van der Waals surface area contributed by atoms with Crippen molar-refractivity contribution in [3.05, 3.63) is 0 Å². The summed E-state index contributed by atoms with van der Waals surface area (Å²) in [7, 11) is 1.45. The number of methoxy groups -OCH3 is 1. The van der Waals surface area contributed by atoms with Crippen molar-refractivity contribution in [2.45, 2.75) is 32.0 Å². The summed E-state index contributed by atoms with van der Waals surface area (Å²) in [5.41, 5.74) is -1.33. The second-order valence-electron chi connectivity index (χ2n) is 3.65. The first-order valence-corrected chi connectivity index (χ1v) is 4.64. The molecule has 1 aliphatic rings. The summed E-state index contributed by atoms with van der Waals surface area (Å²) in [5.74, 6) is -1.06. The molecule has 6 nitrogen and oxygen atoms in total. The molecular formula is C9H16O6. The van der Waals surface area contributed by atoms with E-state index in [4.69, 9.17) is 24.1 Å². The fraction of sp³-hybridized carbons (Fsp3) is 0.889. The van der Waals surface area contributed by atoms with E-state index in [1.54, 1.807) is 0 Å². The van der Waals surface area contributed by atoms with E-state index in [9.17, 15) is 4.79 Å². The standard InChI is InChI=1S/C9H16O6/c1-9(2,8(10)11)15-7-6(12-3)13-4-5-14-7/h6-7H,4-5H2,1-3H3,(H,10,11)/t6-,7-/m1/s1. The Labute approximate surface area is 88.1 Å². The number of hydrogen-bond acceptors (Lipinski definition) is 5. The summed E-state index contributed by atoms with van der Waals surface area (Å²) < 4.78 is 20.7. The van der Waals surface area contributed by atoms with Crippen molar-refractivity contribution in [1.82, 2.24) is 0 Å². The molecule has 1 aliphatic heterocycles. The van der Waals surface area contributed by atoms with E-state index in [1.807, 2.05) is 0 Å². The molecule has 0 aromatic carbocycles. The number of carbonyl (C=O) groups is 1. The van der Waals surface area contributed by atoms with E-state index >= 15 is 0 Å². The second-order valence-corrected chi connectivity index (χ2v) is 3.65. The van der Waals surface area contributed by atoms with Gasteiger partial charge in [0.05, 0.1) is 13.2 Å². The Morgan fingerprint density at radius 3 is 2.33 bits per heavy atom. The molecule has 6 heteroatoms. The normalized spacial score (nSPS) is 27.7. The maximum atomic E-state index is 10.8. The van der Waals surface area contributed by atoms with Gasteiger partial charge in [-0.3, -0.25) is 0 Å². The van der Waals surface area contributed by atoms with Crippen molar-refractivity contribution in [2.24, 2.45) is 0 Å². The SMILES string of the molecule is CO[C@@H]1OCCO[C@@H]1OC(C)(C)C(=O)O. The van der Waals surface area contributed by atoms with Gasteiger partial charge in [0.25, 0.3) is 0 Å². The van der Waals surface area contributed by atoms with Crippen LogP contribution < -0.4 is 0 Å². The predicted octanol–water partition coefficient (Wildman–Crippen LogP) is 0.212. The first-order chi connectivity index (χ1) is 6.97. The number of rotatable bonds is 4. The van der Waals surface area contributed by atoms with E-state index in [2.05, 4.69) is 0 Å². The van der Waals surface area contributed by atoms with E-state index in [-0.39, 0.29) is 0 Å². The molecule has 0 aromatic rings. The van der Waals surface area contributed by atoms with Crippen molar-refractivity contribution >= 4 is 5.97 Å². The molecule has 0 spiro atoms. The quantitative estimate of drug-likeness (QED) is 0.730. The van der Waals surface area contributed by atoms with Gasteiger partial charge in [0, 0.05) is 7.11 Å². The van der Waals surface area contributed by atoms with Gasteiger partial charge >= 0.3 is 5.97 Å². The molecule has 0 amide bonds. The average Bonchev–Trinajstić information content (AvgIpc) is 2.18. The third-order valence-electron chi connectivity index (χ3n) is 2.03. The maximum absolute atomic E-state index is 10.8. The Morgan fingerprint density at radius 1 is 1.33 bits per heavy atom. The molecule has 15 heavy (non-hydrogen) atoms. The Balaban J connectivity index is 2.58. The molecular weight excluding hydrogens is 204 g/mol. The van der Waals surface area contributed by atoms with Crippen LogP contribution in [0.2, 0.25) is 0 Å². The highest BCUT2D eigenvalue weighted by molar-refractivity contribution is 5.76. The summed E-state index contributed by atoms with van der Waals surface area (Å²) in [5, 5.41) is 8.87. The van der Waals surface area contributed by atoms with Crippen LogP contribution in [0, 0.1) is 0 Å². The minimum atomic E-state index is -1.33. The average molecular weight is 220 g/mol. The Hall–Kier alpha value is -0.690. The van der Waals surface area contributed by atoms with Crippen LogP contribution in [0.5, 0.6) is 0 Å². The zero-order valence-corrected chi connectivity index (χ0v) is 9.06. The van der Waals surface area contributed by atoms with Crippen LogP contribution in [0.3, 0.4) is 0 Å². The smallest absolute Gasteiger partial charge is 0.335 e. The van der Waals surface area contributed by atoms with Crippen molar-refractivity contribution in [1.29, 1.82) is 0 Å². The van der Waals surface area contributed by atoms with Crippen molar-refractivity contribution in [2.75, 3.05) is 20.3 Å². The summed E-state index contributed by atoms with van der Waals surface area (Å²) in [6, 6.07) is 0. The summed E-state index contributed by atoms with van der Waals surface area (Å²) in [6.45, 7) is 3.66. The lowest BCUT2D eigenvalue weighted by atomic mass is 10.1. The van der Waals surface area contributed by atoms with Crippen molar-refractivity contribution in [3.63, 3.8) is 0 Å². The van der Waals surface area contributed by atoms with Gasteiger partial charge in [0.1, 0.15) is 0 Å². The van der Waals surface area contributed by atoms with Crippen molar-refractivity contribution in [3.8, 4) is 0 Å². The van der Waals surface area contributed by atoms with Gasteiger partial charge in [-0.15, -0.1) is 0 Å². The molecule has 1 N–H and O–H groups in total. The minimum absolute atomic E-state index is 0.361. The molecule has 1 fully saturated rings. The number of aliphatic carboxylic acids is 1. The van der Waals surface area contributed by atoms with Crippen LogP contribution >= 0.6 is 0 Å². The lowest BCUT2D eigenvalue weighted by molar-refractivity contribution is -0.333. The molecule has 0 aliphatic carbocycles. The third-order valence-corrected chi connectivity index (χ3v) is 2.03. The predicted molar refractivity (Wildman–Crippen MR) is 49.3 cm³/mol. The van der Waals surface area contributed by atoms with Crippen LogP contribution in [0.4, 0.5) is 0 Å². The summed E-state index contributed by atoms with van der Waals surface area (Å²) in [6.07, 6.45) is -1.49. The van der Waals surface area contributed by atoms with Gasteiger partial charge in [-0.1, -0.05) is 0 Å². The number of ether oxygens (including phenoxy) is 4. The van der Waals surface area contributed by atoms with Crippen molar-refractivity contribution < 1.29 is 28.8 Å². The van der Waals surface area contributed by atoms with Crippen LogP contribution in [-0.2, 0) is 23.7 Å². The van der Waals surface area contributed by atoms with E-state index in [0.29, 0.717) is 13.2 Å². The Morgan fingerprint density at radius 2 is 1.87 bits per heavy atom. The molecule has 1 saturated heterocycles. The van der Waals surface area contributed by atoms with Gasteiger partial charge in [-0.2, -0.15) is 0 Å². The Kier molecular flexibility index (Phi) is 4.04. The molecule has 0 aromatic heterocycles. The fourth-order valence-electron chi connectivity index (χ4n) is 1.10. The second kappa shape index (κ2) is 4.89. The third kappa shape index (κ3) is 3.13. The van der Waals surface area contributed by atoms with Crippen LogP contribution in [0.1, 0.15) is 13.8 Å². The van der Waals surface area contributed by atoms with Gasteiger partial charge in [-0.05, 0) is 13.8 Å². The van der Waals surface area contributed by atoms with E-state index in [0.717, 1.165) is 0 Å². The largest absolute Gasteiger partial charge is 0.479 e. The zero-order chi connectivity index (χ0) is 11.5. The topological polar surface area (TPSA) is 74.2 Å². The molecule has 1 rings (SSSR count). The first kappa shape index (κ1) is 12.4. The van der Waals surface area contributed by atoms with E-state index in [1.165, 1.54) is 21.0 Å². The minimum Gasteiger partial charge on any atom is -0.479 e. The van der Waals surface area contributed by atoms with Gasteiger partial charge in [0.15, 0.2) is 5.60 Å². The molecule has 0 bridgehead atoms. The first-order valence-electron chi connectivity index (χ1n) is 4.64. The molecule has 0 saturated carbocycles. The van der Waals surface area contributed by atoms with Gasteiger partial charge in [0.2, 0.25) is 12.6 Å². The molecule has 0 radical (unpaired) electrons. The highest BCUT2D eigenvalue weighted by Gasteiger charge is 2.37. The molecule has 88 valence electrons. The number of carboxylic acids is 1. The maximum Gasteiger partial charge on any atom is 0.335 e. The molecule has 2 atom stereocenters. The lowest BCUT2D eigenvalue weighted by Crippen LogP contribution is -2.48. The fourth-order valence-corrected chi connectivity index (χ4v) is 1.10. The van der Waals surface area contributed by atoms with Crippen LogP contribution in [0.25, 0.3) is 0 Å². The van der Waals surface area contributed by atoms with Gasteiger partial charge < -0.3 is 24.1 Å². The zero-order valence-electron chi connectivity index (χ0n) is 9.06. The van der Waals surface area contributed by atoms with Crippen LogP contribution in [-0.4, -0.2) is 49.6 Å². The highest BCUT2D eigenvalue weighted by Crippen LogP contribution is 2.20. The number of carboxylic acid groups (broad SMARTS) is 1. The highest BCUT2D eigenvalue weighted by atomic mass is 16.8. The van der Waals surface area contributed by atoms with Crippen LogP contribution in [0.15, 0.2) is 0 Å². The van der Waals surface area contributed by atoms with E-state index < -0.39 is 24.2 Å². The molecule has 0 unspecified atom stereocenters. The Bertz CT molecular complexity index is 227.